The van der Waals surface area contributed by atoms with Gasteiger partial charge in [-0.25, -0.2) is 5.84 Å². The summed E-state index contributed by atoms with van der Waals surface area (Å²) in [6.07, 6.45) is 4.94. The van der Waals surface area contributed by atoms with E-state index in [9.17, 15) is 0 Å². The van der Waals surface area contributed by atoms with Gasteiger partial charge in [0.2, 0.25) is 5.95 Å². The Balaban J connectivity index is 2.34. The summed E-state index contributed by atoms with van der Waals surface area (Å²) in [4.78, 5) is 10.8. The van der Waals surface area contributed by atoms with Crippen LogP contribution in [0.15, 0.2) is 6.20 Å². The predicted molar refractivity (Wildman–Crippen MR) is 80.4 cm³/mol. The Morgan fingerprint density at radius 3 is 3.00 bits per heavy atom. The van der Waals surface area contributed by atoms with Gasteiger partial charge < -0.3 is 4.90 Å². The highest BCUT2D eigenvalue weighted by Gasteiger charge is 2.17. The Kier molecular flexibility index (Phi) is 4.43. The number of nitrogens with zero attached hydrogens (tertiary/aromatic N) is 4. The summed E-state index contributed by atoms with van der Waals surface area (Å²) in [6, 6.07) is 0.381. The van der Waals surface area contributed by atoms with Gasteiger partial charge in [-0.1, -0.05) is 0 Å². The summed E-state index contributed by atoms with van der Waals surface area (Å²) in [5, 5.41) is 7.76. The second kappa shape index (κ2) is 6.07. The fraction of sp³-hybridized carbons (Fsp3) is 0.545. The zero-order valence-electron chi connectivity index (χ0n) is 11.3. The fourth-order valence-corrected chi connectivity index (χ4v) is 2.42. The predicted octanol–water partition coefficient (Wildman–Crippen LogP) is 1.22. The number of anilines is 2. The second-order valence-corrected chi connectivity index (χ2v) is 5.37. The number of fused-ring (bicyclic) bond motifs is 1. The number of aromatic nitrogens is 4. The monoisotopic (exact) mass is 281 g/mol. The molecule has 0 aliphatic heterocycles. The minimum atomic E-state index is 0.381. The van der Waals surface area contributed by atoms with Crippen molar-refractivity contribution in [3.8, 4) is 0 Å². The number of nitrogens with one attached hydrogen (secondary N) is 2. The molecule has 2 aromatic rings. The molecule has 0 radical (unpaired) electrons. The number of nitrogen functional groups attached to an aromatic ring is 1. The number of aromatic amines is 1. The first-order valence-electron chi connectivity index (χ1n) is 6.07. The molecule has 104 valence electrons. The quantitative estimate of drug-likeness (QED) is 0.541. The smallest absolute Gasteiger partial charge is 0.241 e. The van der Waals surface area contributed by atoms with Gasteiger partial charge in [0.1, 0.15) is 5.82 Å². The standard InChI is InChI=1S/C11H19N7S/c1-7(4-5-19-3)18(2)10-8-6-13-17-9(8)14-11(15-10)16-12/h6-7H,4-5,12H2,1-3H3,(H2,13,14,15,16,17). The summed E-state index contributed by atoms with van der Waals surface area (Å²) in [5.74, 6) is 7.74. The van der Waals surface area contributed by atoms with E-state index >= 15 is 0 Å². The Bertz CT molecular complexity index is 541. The lowest BCUT2D eigenvalue weighted by molar-refractivity contribution is 0.664. The SMILES string of the molecule is CSCCC(C)N(C)c1nc(NN)nc2[nH]ncc12. The molecule has 1 unspecified atom stereocenters. The summed E-state index contributed by atoms with van der Waals surface area (Å²) < 4.78 is 0. The third kappa shape index (κ3) is 2.90. The summed E-state index contributed by atoms with van der Waals surface area (Å²) in [5.41, 5.74) is 3.17. The van der Waals surface area contributed by atoms with Crippen LogP contribution in [0.25, 0.3) is 11.0 Å². The Labute approximate surface area is 116 Å². The minimum absolute atomic E-state index is 0.381. The lowest BCUT2D eigenvalue weighted by atomic mass is 10.2. The number of rotatable bonds is 6. The molecule has 2 rings (SSSR count). The van der Waals surface area contributed by atoms with Crippen LogP contribution in [0.1, 0.15) is 13.3 Å². The summed E-state index contributed by atoms with van der Waals surface area (Å²) >= 11 is 1.85. The van der Waals surface area contributed by atoms with Crippen LogP contribution in [0, 0.1) is 0 Å². The largest absolute Gasteiger partial charge is 0.356 e. The minimum Gasteiger partial charge on any atom is -0.356 e. The van der Waals surface area contributed by atoms with Crippen molar-refractivity contribution in [2.24, 2.45) is 5.84 Å². The van der Waals surface area contributed by atoms with E-state index in [0.717, 1.165) is 23.4 Å². The molecule has 0 amide bonds. The molecule has 4 N–H and O–H groups in total. The maximum atomic E-state index is 5.40. The van der Waals surface area contributed by atoms with Crippen molar-refractivity contribution in [1.29, 1.82) is 0 Å². The first-order valence-corrected chi connectivity index (χ1v) is 7.46. The molecule has 0 bridgehead atoms. The molecule has 0 spiro atoms. The van der Waals surface area contributed by atoms with E-state index in [1.165, 1.54) is 0 Å². The zero-order chi connectivity index (χ0) is 13.8. The molecule has 2 heterocycles. The molecule has 0 saturated carbocycles. The second-order valence-electron chi connectivity index (χ2n) is 4.39. The number of hydrogen-bond acceptors (Lipinski definition) is 7. The van der Waals surface area contributed by atoms with E-state index in [0.29, 0.717) is 17.6 Å². The Morgan fingerprint density at radius 1 is 1.53 bits per heavy atom. The van der Waals surface area contributed by atoms with Gasteiger partial charge in [0, 0.05) is 13.1 Å². The molecule has 8 heteroatoms. The molecular weight excluding hydrogens is 262 g/mol. The number of H-pyrrole nitrogens is 1. The van der Waals surface area contributed by atoms with Crippen LogP contribution in [0.3, 0.4) is 0 Å². The van der Waals surface area contributed by atoms with Crippen LogP contribution < -0.4 is 16.2 Å². The van der Waals surface area contributed by atoms with E-state index in [-0.39, 0.29) is 0 Å². The third-order valence-electron chi connectivity index (χ3n) is 3.15. The molecule has 0 saturated heterocycles. The van der Waals surface area contributed by atoms with Crippen molar-refractivity contribution in [1.82, 2.24) is 20.2 Å². The highest BCUT2D eigenvalue weighted by molar-refractivity contribution is 7.98. The van der Waals surface area contributed by atoms with E-state index in [1.54, 1.807) is 6.20 Å². The molecule has 2 aromatic heterocycles. The molecular formula is C11H19N7S. The van der Waals surface area contributed by atoms with Crippen LogP contribution in [0.5, 0.6) is 0 Å². The molecule has 0 aliphatic rings. The number of thioether (sulfide) groups is 1. The summed E-state index contributed by atoms with van der Waals surface area (Å²) in [7, 11) is 2.03. The van der Waals surface area contributed by atoms with Crippen LogP contribution in [-0.4, -0.2) is 45.3 Å². The Hall–Kier alpha value is -1.54. The number of nitrogens with two attached hydrogens (primary N) is 1. The van der Waals surface area contributed by atoms with Crippen molar-refractivity contribution < 1.29 is 0 Å². The van der Waals surface area contributed by atoms with Gasteiger partial charge in [0.15, 0.2) is 5.65 Å². The van der Waals surface area contributed by atoms with Gasteiger partial charge in [-0.15, -0.1) is 0 Å². The maximum absolute atomic E-state index is 5.40. The average molecular weight is 281 g/mol. The highest BCUT2D eigenvalue weighted by Crippen LogP contribution is 2.25. The Morgan fingerprint density at radius 2 is 2.32 bits per heavy atom. The normalized spacial score (nSPS) is 12.6. The van der Waals surface area contributed by atoms with Crippen LogP contribution in [0.4, 0.5) is 11.8 Å². The van der Waals surface area contributed by atoms with Crippen molar-refractivity contribution in [2.75, 3.05) is 29.4 Å². The number of hydrazine groups is 1. The maximum Gasteiger partial charge on any atom is 0.241 e. The van der Waals surface area contributed by atoms with Crippen molar-refractivity contribution in [3.05, 3.63) is 6.20 Å². The first-order chi connectivity index (χ1) is 9.17. The zero-order valence-corrected chi connectivity index (χ0v) is 12.2. The van der Waals surface area contributed by atoms with Gasteiger partial charge in [0.05, 0.1) is 11.6 Å². The number of hydrogen-bond donors (Lipinski definition) is 3. The highest BCUT2D eigenvalue weighted by atomic mass is 32.2. The van der Waals surface area contributed by atoms with Crippen LogP contribution in [0.2, 0.25) is 0 Å². The molecule has 19 heavy (non-hydrogen) atoms. The van der Waals surface area contributed by atoms with E-state index in [4.69, 9.17) is 5.84 Å². The van der Waals surface area contributed by atoms with Gasteiger partial charge in [-0.3, -0.25) is 10.5 Å². The summed E-state index contributed by atoms with van der Waals surface area (Å²) in [6.45, 7) is 2.18. The first kappa shape index (κ1) is 13.9. The molecule has 7 nitrogen and oxygen atoms in total. The van der Waals surface area contributed by atoms with Crippen LogP contribution in [-0.2, 0) is 0 Å². The van der Waals surface area contributed by atoms with Crippen LogP contribution >= 0.6 is 11.8 Å². The molecule has 0 aliphatic carbocycles. The van der Waals surface area contributed by atoms with Crippen molar-refractivity contribution in [3.63, 3.8) is 0 Å². The lowest BCUT2D eigenvalue weighted by Crippen LogP contribution is -2.30. The lowest BCUT2D eigenvalue weighted by Gasteiger charge is -2.26. The molecule has 0 aromatic carbocycles. The van der Waals surface area contributed by atoms with Gasteiger partial charge in [-0.05, 0) is 25.4 Å². The molecule has 0 fully saturated rings. The fourth-order valence-electron chi connectivity index (χ4n) is 1.84. The van der Waals surface area contributed by atoms with Gasteiger partial charge in [0.25, 0.3) is 0 Å². The van der Waals surface area contributed by atoms with Crippen molar-refractivity contribution >= 4 is 34.6 Å². The van der Waals surface area contributed by atoms with E-state index in [1.807, 2.05) is 18.8 Å². The van der Waals surface area contributed by atoms with E-state index < -0.39 is 0 Å². The van der Waals surface area contributed by atoms with Crippen molar-refractivity contribution in [2.45, 2.75) is 19.4 Å². The topological polar surface area (TPSA) is 95.8 Å². The third-order valence-corrected chi connectivity index (χ3v) is 3.80. The van der Waals surface area contributed by atoms with Gasteiger partial charge in [-0.2, -0.15) is 26.8 Å². The van der Waals surface area contributed by atoms with Gasteiger partial charge >= 0.3 is 0 Å². The molecule has 1 atom stereocenters. The van der Waals surface area contributed by atoms with E-state index in [2.05, 4.69) is 43.7 Å². The average Bonchev–Trinajstić information content (AvgIpc) is 2.90.